The van der Waals surface area contributed by atoms with Crippen molar-refractivity contribution in [2.75, 3.05) is 29.8 Å². The lowest BCUT2D eigenvalue weighted by molar-refractivity contribution is -0.119. The molecule has 3 aromatic rings. The summed E-state index contributed by atoms with van der Waals surface area (Å²) in [7, 11) is -4.06. The quantitative estimate of drug-likeness (QED) is 0.256. The predicted molar refractivity (Wildman–Crippen MR) is 149 cm³/mol. The third-order valence-electron chi connectivity index (χ3n) is 5.07. The molecule has 3 rings (SSSR count). The molecule has 0 atom stereocenters. The van der Waals surface area contributed by atoms with Gasteiger partial charge in [0.15, 0.2) is 0 Å². The number of nitrogens with zero attached hydrogens (tertiary/aromatic N) is 1. The lowest BCUT2D eigenvalue weighted by Gasteiger charge is -2.26. The molecule has 0 spiro atoms. The number of carbonyl (C=O) groups is 1. The van der Waals surface area contributed by atoms with Gasteiger partial charge < -0.3 is 10.1 Å². The van der Waals surface area contributed by atoms with Gasteiger partial charge in [-0.05, 0) is 73.2 Å². The number of thioether (sulfide) groups is 1. The van der Waals surface area contributed by atoms with E-state index in [1.165, 1.54) is 24.3 Å². The predicted octanol–water partition coefficient (Wildman–Crippen LogP) is 6.03. The normalized spacial score (nSPS) is 11.2. The van der Waals surface area contributed by atoms with Crippen molar-refractivity contribution in [1.82, 2.24) is 5.32 Å². The second-order valence-electron chi connectivity index (χ2n) is 7.75. The number of anilines is 1. The number of halogens is 2. The molecule has 0 aliphatic rings. The molecular weight excluding hydrogens is 539 g/mol. The zero-order valence-electron chi connectivity index (χ0n) is 19.8. The number of ether oxygens (including phenoxy) is 1. The molecule has 0 saturated heterocycles. The Morgan fingerprint density at radius 2 is 1.75 bits per heavy atom. The van der Waals surface area contributed by atoms with E-state index in [9.17, 15) is 13.2 Å². The molecule has 0 fully saturated rings. The number of benzene rings is 3. The Kier molecular flexibility index (Phi) is 10.8. The van der Waals surface area contributed by atoms with Gasteiger partial charge in [0.25, 0.3) is 10.0 Å². The summed E-state index contributed by atoms with van der Waals surface area (Å²) in [6.07, 6.45) is 0.746. The highest BCUT2D eigenvalue weighted by Gasteiger charge is 2.29. The van der Waals surface area contributed by atoms with Gasteiger partial charge in [-0.25, -0.2) is 8.42 Å². The van der Waals surface area contributed by atoms with Gasteiger partial charge in [-0.15, -0.1) is 0 Å². The number of carbonyl (C=O) groups excluding carboxylic acids is 1. The average Bonchev–Trinajstić information content (AvgIpc) is 2.85. The summed E-state index contributed by atoms with van der Waals surface area (Å²) < 4.78 is 33.8. The summed E-state index contributed by atoms with van der Waals surface area (Å²) in [6.45, 7) is 2.21. The second-order valence-corrected chi connectivity index (χ2v) is 11.6. The first kappa shape index (κ1) is 28.2. The fourth-order valence-electron chi connectivity index (χ4n) is 3.38. The highest BCUT2D eigenvalue weighted by atomic mass is 35.5. The third-order valence-corrected chi connectivity index (χ3v) is 8.44. The first-order chi connectivity index (χ1) is 17.3. The molecule has 0 radical (unpaired) electrons. The zero-order valence-corrected chi connectivity index (χ0v) is 23.0. The molecule has 3 aromatic carbocycles. The van der Waals surface area contributed by atoms with Gasteiger partial charge in [-0.2, -0.15) is 11.8 Å². The molecule has 0 bridgehead atoms. The molecule has 10 heteroatoms. The van der Waals surface area contributed by atoms with Crippen molar-refractivity contribution in [2.24, 2.45) is 0 Å². The maximum atomic E-state index is 13.5. The van der Waals surface area contributed by atoms with Crippen LogP contribution in [0.2, 0.25) is 10.0 Å². The Hall–Kier alpha value is -2.39. The molecule has 0 unspecified atom stereocenters. The van der Waals surface area contributed by atoms with Crippen molar-refractivity contribution in [3.8, 4) is 5.75 Å². The lowest BCUT2D eigenvalue weighted by atomic mass is 10.2. The van der Waals surface area contributed by atoms with Crippen LogP contribution in [-0.2, 0) is 20.6 Å². The standard InChI is InChI=1S/C26H28Cl2N2O4S2/c1-2-34-25-10-4-3-9-24(25)30(36(32,33)23-13-11-21(27)12-14-23)18-26(31)29-15-6-16-35-19-20-7-5-8-22(28)17-20/h3-5,7-14,17H,2,6,15-16,18-19H2,1H3,(H,29,31). The lowest BCUT2D eigenvalue weighted by Crippen LogP contribution is -2.41. The average molecular weight is 568 g/mol. The fraction of sp³-hybridized carbons (Fsp3) is 0.269. The van der Waals surface area contributed by atoms with E-state index < -0.39 is 15.9 Å². The van der Waals surface area contributed by atoms with Crippen molar-refractivity contribution in [3.05, 3.63) is 88.4 Å². The zero-order chi connectivity index (χ0) is 26.0. The van der Waals surface area contributed by atoms with Crippen molar-refractivity contribution < 1.29 is 17.9 Å². The number of hydrogen-bond donors (Lipinski definition) is 1. The molecule has 6 nitrogen and oxygen atoms in total. The summed E-state index contributed by atoms with van der Waals surface area (Å²) in [5, 5.41) is 3.96. The van der Waals surface area contributed by atoms with Gasteiger partial charge in [-0.3, -0.25) is 9.10 Å². The van der Waals surface area contributed by atoms with Crippen LogP contribution in [0.1, 0.15) is 18.9 Å². The molecule has 1 amide bonds. The van der Waals surface area contributed by atoms with Crippen LogP contribution in [0.4, 0.5) is 5.69 Å². The van der Waals surface area contributed by atoms with Gasteiger partial charge in [0.1, 0.15) is 12.3 Å². The maximum Gasteiger partial charge on any atom is 0.264 e. The minimum Gasteiger partial charge on any atom is -0.492 e. The van der Waals surface area contributed by atoms with Crippen molar-refractivity contribution >= 4 is 56.6 Å². The van der Waals surface area contributed by atoms with E-state index in [2.05, 4.69) is 5.32 Å². The minimum atomic E-state index is -4.06. The highest BCUT2D eigenvalue weighted by molar-refractivity contribution is 7.98. The van der Waals surface area contributed by atoms with Crippen LogP contribution < -0.4 is 14.4 Å². The van der Waals surface area contributed by atoms with Gasteiger partial charge in [0.2, 0.25) is 5.91 Å². The molecule has 192 valence electrons. The Morgan fingerprint density at radius 1 is 1.00 bits per heavy atom. The van der Waals surface area contributed by atoms with E-state index in [0.29, 0.717) is 34.6 Å². The molecule has 0 heterocycles. The monoisotopic (exact) mass is 566 g/mol. The Morgan fingerprint density at radius 3 is 2.47 bits per heavy atom. The second kappa shape index (κ2) is 13.8. The van der Waals surface area contributed by atoms with E-state index in [1.54, 1.807) is 36.0 Å². The first-order valence-electron chi connectivity index (χ1n) is 11.4. The summed E-state index contributed by atoms with van der Waals surface area (Å²) in [5.74, 6) is 1.64. The van der Waals surface area contributed by atoms with Crippen LogP contribution in [0.5, 0.6) is 5.75 Å². The van der Waals surface area contributed by atoms with Crippen LogP contribution in [0.25, 0.3) is 0 Å². The molecule has 0 saturated carbocycles. The van der Waals surface area contributed by atoms with Crippen LogP contribution >= 0.6 is 35.0 Å². The Labute approximate surface area is 227 Å². The van der Waals surface area contributed by atoms with E-state index in [1.807, 2.05) is 31.2 Å². The minimum absolute atomic E-state index is 0.0309. The largest absolute Gasteiger partial charge is 0.492 e. The summed E-state index contributed by atoms with van der Waals surface area (Å²) in [6, 6.07) is 20.3. The molecule has 0 aromatic heterocycles. The van der Waals surface area contributed by atoms with Crippen LogP contribution in [0.3, 0.4) is 0 Å². The number of para-hydroxylation sites is 2. The van der Waals surface area contributed by atoms with E-state index in [0.717, 1.165) is 27.8 Å². The molecule has 36 heavy (non-hydrogen) atoms. The SMILES string of the molecule is CCOc1ccccc1N(CC(=O)NCCCSCc1cccc(Cl)c1)S(=O)(=O)c1ccc(Cl)cc1. The third kappa shape index (κ3) is 8.06. The summed E-state index contributed by atoms with van der Waals surface area (Å²) in [5.41, 5.74) is 1.44. The van der Waals surface area contributed by atoms with Crippen LogP contribution in [-0.4, -0.2) is 39.8 Å². The topological polar surface area (TPSA) is 75.7 Å². The summed E-state index contributed by atoms with van der Waals surface area (Å²) >= 11 is 13.7. The van der Waals surface area contributed by atoms with Crippen molar-refractivity contribution in [2.45, 2.75) is 24.0 Å². The van der Waals surface area contributed by atoms with Gasteiger partial charge in [0.05, 0.1) is 17.2 Å². The Bertz CT molecular complexity index is 1250. The van der Waals surface area contributed by atoms with Crippen molar-refractivity contribution in [1.29, 1.82) is 0 Å². The van der Waals surface area contributed by atoms with E-state index >= 15 is 0 Å². The van der Waals surface area contributed by atoms with Crippen molar-refractivity contribution in [3.63, 3.8) is 0 Å². The van der Waals surface area contributed by atoms with Crippen LogP contribution in [0, 0.1) is 0 Å². The number of hydrogen-bond acceptors (Lipinski definition) is 5. The van der Waals surface area contributed by atoms with Gasteiger partial charge in [-0.1, -0.05) is 47.5 Å². The van der Waals surface area contributed by atoms with Gasteiger partial charge in [0, 0.05) is 22.3 Å². The van der Waals surface area contributed by atoms with E-state index in [4.69, 9.17) is 27.9 Å². The highest BCUT2D eigenvalue weighted by Crippen LogP contribution is 2.32. The number of rotatable bonds is 13. The molecule has 0 aliphatic heterocycles. The van der Waals surface area contributed by atoms with Gasteiger partial charge >= 0.3 is 0 Å². The molecule has 1 N–H and O–H groups in total. The molecular formula is C26H28Cl2N2O4S2. The maximum absolute atomic E-state index is 13.5. The molecule has 0 aliphatic carbocycles. The first-order valence-corrected chi connectivity index (χ1v) is 14.8. The summed E-state index contributed by atoms with van der Waals surface area (Å²) in [4.78, 5) is 12.9. The smallest absolute Gasteiger partial charge is 0.264 e. The van der Waals surface area contributed by atoms with Crippen LogP contribution in [0.15, 0.2) is 77.7 Å². The Balaban J connectivity index is 1.65. The number of nitrogens with one attached hydrogen (secondary N) is 1. The van der Waals surface area contributed by atoms with E-state index in [-0.39, 0.29) is 11.4 Å². The number of sulfonamides is 1. The number of amides is 1. The fourth-order valence-corrected chi connectivity index (χ4v) is 6.06.